The second-order valence-corrected chi connectivity index (χ2v) is 6.92. The molecular weight excluding hydrogens is 415 g/mol. The Labute approximate surface area is 180 Å². The van der Waals surface area contributed by atoms with Gasteiger partial charge < -0.3 is 25.0 Å². The summed E-state index contributed by atoms with van der Waals surface area (Å²) < 4.78 is 49.3. The van der Waals surface area contributed by atoms with Crippen LogP contribution in [-0.2, 0) is 15.7 Å². The molecule has 2 N–H and O–H groups in total. The van der Waals surface area contributed by atoms with Crippen LogP contribution in [0.2, 0.25) is 0 Å². The molecule has 1 aromatic rings. The Bertz CT molecular complexity index is 722. The van der Waals surface area contributed by atoms with Crippen LogP contribution in [0.15, 0.2) is 29.3 Å². The molecule has 0 atom stereocenters. The molecule has 31 heavy (non-hydrogen) atoms. The lowest BCUT2D eigenvalue weighted by Crippen LogP contribution is -2.54. The van der Waals surface area contributed by atoms with Crippen LogP contribution in [0, 0.1) is 0 Å². The number of alkyl halides is 3. The van der Waals surface area contributed by atoms with Gasteiger partial charge in [0.1, 0.15) is 12.4 Å². The minimum Gasteiger partial charge on any atom is -0.491 e. The summed E-state index contributed by atoms with van der Waals surface area (Å²) in [4.78, 5) is 20.2. The van der Waals surface area contributed by atoms with Gasteiger partial charge in [-0.15, -0.1) is 0 Å². The zero-order chi connectivity index (χ0) is 22.7. The van der Waals surface area contributed by atoms with Crippen LogP contribution in [0.5, 0.6) is 5.75 Å². The fourth-order valence-electron chi connectivity index (χ4n) is 3.15. The van der Waals surface area contributed by atoms with E-state index in [-0.39, 0.29) is 18.3 Å². The molecule has 0 spiro atoms. The first kappa shape index (κ1) is 24.7. The highest BCUT2D eigenvalue weighted by Crippen LogP contribution is 2.35. The molecule has 1 heterocycles. The number of carbonyl (C=O) groups excluding carboxylic acids is 1. The fraction of sp³-hybridized carbons (Fsp3) is 0.600. The number of rotatable bonds is 9. The monoisotopic (exact) mass is 445 g/mol. The number of aliphatic imine (C=N–C) groups is 1. The molecule has 11 heteroatoms. The number of hydrogen-bond donors (Lipinski definition) is 2. The van der Waals surface area contributed by atoms with Crippen LogP contribution >= 0.6 is 0 Å². The molecule has 1 aliphatic heterocycles. The maximum Gasteiger partial charge on any atom is 0.419 e. The number of halogens is 3. The predicted molar refractivity (Wildman–Crippen MR) is 111 cm³/mol. The van der Waals surface area contributed by atoms with E-state index in [2.05, 4.69) is 20.5 Å². The van der Waals surface area contributed by atoms with Crippen LogP contribution in [0.3, 0.4) is 0 Å². The summed E-state index contributed by atoms with van der Waals surface area (Å²) in [7, 11) is 3.23. The highest BCUT2D eigenvalue weighted by molar-refractivity contribution is 5.80. The molecule has 8 nitrogen and oxygen atoms in total. The SMILES string of the molecule is CN=C(NCCOc1ccccc1C(F)(F)F)N1CCN(CC(=O)NCCOC)CC1. The van der Waals surface area contributed by atoms with Crippen molar-refractivity contribution in [1.82, 2.24) is 20.4 Å². The Hall–Kier alpha value is -2.53. The molecule has 1 aromatic carbocycles. The number of hydrogen-bond acceptors (Lipinski definition) is 5. The van der Waals surface area contributed by atoms with Gasteiger partial charge in [-0.3, -0.25) is 14.7 Å². The van der Waals surface area contributed by atoms with E-state index in [0.29, 0.717) is 58.4 Å². The predicted octanol–water partition coefficient (Wildman–Crippen LogP) is 1.04. The summed E-state index contributed by atoms with van der Waals surface area (Å²) >= 11 is 0. The topological polar surface area (TPSA) is 78.4 Å². The highest BCUT2D eigenvalue weighted by atomic mass is 19.4. The van der Waals surface area contributed by atoms with Crippen LogP contribution in [0.25, 0.3) is 0 Å². The highest BCUT2D eigenvalue weighted by Gasteiger charge is 2.34. The van der Waals surface area contributed by atoms with Gasteiger partial charge in [-0.25, -0.2) is 0 Å². The number of nitrogens with one attached hydrogen (secondary N) is 2. The Kier molecular flexibility index (Phi) is 9.86. The van der Waals surface area contributed by atoms with Crippen molar-refractivity contribution >= 4 is 11.9 Å². The summed E-state index contributed by atoms with van der Waals surface area (Å²) in [6.07, 6.45) is -4.46. The number of amides is 1. The molecule has 174 valence electrons. The molecule has 0 aromatic heterocycles. The lowest BCUT2D eigenvalue weighted by molar-refractivity contribution is -0.139. The Morgan fingerprint density at radius 2 is 1.77 bits per heavy atom. The summed E-state index contributed by atoms with van der Waals surface area (Å²) in [5, 5.41) is 5.91. The van der Waals surface area contributed by atoms with Gasteiger partial charge in [-0.05, 0) is 12.1 Å². The zero-order valence-corrected chi connectivity index (χ0v) is 17.9. The molecule has 1 aliphatic rings. The first-order chi connectivity index (χ1) is 14.8. The number of nitrogens with zero attached hydrogens (tertiary/aromatic N) is 3. The number of piperazine rings is 1. The second-order valence-electron chi connectivity index (χ2n) is 6.92. The van der Waals surface area contributed by atoms with Gasteiger partial charge in [-0.2, -0.15) is 13.2 Å². The van der Waals surface area contributed by atoms with E-state index in [1.807, 2.05) is 4.90 Å². The van der Waals surface area contributed by atoms with Crippen molar-refractivity contribution < 1.29 is 27.4 Å². The van der Waals surface area contributed by atoms with Crippen LogP contribution < -0.4 is 15.4 Å². The van der Waals surface area contributed by atoms with Gasteiger partial charge >= 0.3 is 6.18 Å². The van der Waals surface area contributed by atoms with Crippen LogP contribution in [0.4, 0.5) is 13.2 Å². The maximum atomic E-state index is 13.0. The zero-order valence-electron chi connectivity index (χ0n) is 17.9. The Morgan fingerprint density at radius 1 is 1.10 bits per heavy atom. The summed E-state index contributed by atoms with van der Waals surface area (Å²) in [5.41, 5.74) is -0.790. The van der Waals surface area contributed by atoms with Crippen molar-refractivity contribution in [3.05, 3.63) is 29.8 Å². The fourth-order valence-corrected chi connectivity index (χ4v) is 3.15. The first-order valence-corrected chi connectivity index (χ1v) is 10.1. The van der Waals surface area contributed by atoms with E-state index in [4.69, 9.17) is 9.47 Å². The maximum absolute atomic E-state index is 13.0. The van der Waals surface area contributed by atoms with Gasteiger partial charge in [-0.1, -0.05) is 12.1 Å². The quantitative estimate of drug-likeness (QED) is 0.336. The number of methoxy groups -OCH3 is 1. The number of ether oxygens (including phenoxy) is 2. The van der Waals surface area contributed by atoms with Crippen molar-refractivity contribution in [1.29, 1.82) is 0 Å². The molecule has 1 amide bonds. The third-order valence-corrected chi connectivity index (χ3v) is 4.71. The van der Waals surface area contributed by atoms with Crippen molar-refractivity contribution in [2.24, 2.45) is 4.99 Å². The molecule has 2 rings (SSSR count). The van der Waals surface area contributed by atoms with Gasteiger partial charge in [0.15, 0.2) is 5.96 Å². The minimum absolute atomic E-state index is 0.0377. The average molecular weight is 445 g/mol. The molecule has 0 bridgehead atoms. The van der Waals surface area contributed by atoms with Gasteiger partial charge in [0.2, 0.25) is 5.91 Å². The van der Waals surface area contributed by atoms with Crippen molar-refractivity contribution in [2.45, 2.75) is 6.18 Å². The Morgan fingerprint density at radius 3 is 2.42 bits per heavy atom. The van der Waals surface area contributed by atoms with E-state index in [1.54, 1.807) is 14.2 Å². The standard InChI is InChI=1S/C20H30F3N5O3/c1-24-19(26-8-14-31-17-6-4-3-5-16(17)20(21,22)23)28-11-9-27(10-12-28)15-18(29)25-7-13-30-2/h3-6H,7-15H2,1-2H3,(H,24,26)(H,25,29). The molecule has 0 radical (unpaired) electrons. The second kappa shape index (κ2) is 12.4. The normalized spacial score (nSPS) is 15.6. The van der Waals surface area contributed by atoms with Gasteiger partial charge in [0.05, 0.1) is 25.3 Å². The van der Waals surface area contributed by atoms with E-state index >= 15 is 0 Å². The van der Waals surface area contributed by atoms with Gasteiger partial charge in [0.25, 0.3) is 0 Å². The number of guanidine groups is 1. The van der Waals surface area contributed by atoms with Gasteiger partial charge in [0, 0.05) is 46.9 Å². The van der Waals surface area contributed by atoms with Crippen molar-refractivity contribution in [3.8, 4) is 5.75 Å². The lowest BCUT2D eigenvalue weighted by Gasteiger charge is -2.36. The number of para-hydroxylation sites is 1. The largest absolute Gasteiger partial charge is 0.491 e. The Balaban J connectivity index is 1.72. The van der Waals surface area contributed by atoms with E-state index in [1.165, 1.54) is 18.2 Å². The molecule has 0 saturated carbocycles. The molecular formula is C20H30F3N5O3. The summed E-state index contributed by atoms with van der Waals surface area (Å²) in [5.74, 6) is 0.422. The van der Waals surface area contributed by atoms with Crippen molar-refractivity contribution in [3.63, 3.8) is 0 Å². The van der Waals surface area contributed by atoms with Crippen LogP contribution in [0.1, 0.15) is 5.56 Å². The summed E-state index contributed by atoms with van der Waals surface area (Å²) in [6, 6.07) is 5.15. The third kappa shape index (κ3) is 8.25. The van der Waals surface area contributed by atoms with E-state index in [0.717, 1.165) is 6.07 Å². The van der Waals surface area contributed by atoms with E-state index in [9.17, 15) is 18.0 Å². The lowest BCUT2D eigenvalue weighted by atomic mass is 10.2. The number of carbonyl (C=O) groups is 1. The number of benzene rings is 1. The van der Waals surface area contributed by atoms with Crippen LogP contribution in [-0.4, -0.2) is 94.9 Å². The minimum atomic E-state index is -4.46. The average Bonchev–Trinajstić information content (AvgIpc) is 2.74. The third-order valence-electron chi connectivity index (χ3n) is 4.71. The van der Waals surface area contributed by atoms with E-state index < -0.39 is 11.7 Å². The summed E-state index contributed by atoms with van der Waals surface area (Å²) in [6.45, 7) is 4.44. The first-order valence-electron chi connectivity index (χ1n) is 10.1. The van der Waals surface area contributed by atoms with Crippen molar-refractivity contribution in [2.75, 3.05) is 73.2 Å². The molecule has 0 aliphatic carbocycles. The molecule has 1 fully saturated rings. The smallest absolute Gasteiger partial charge is 0.419 e. The molecule has 1 saturated heterocycles. The molecule has 0 unspecified atom stereocenters.